The summed E-state index contributed by atoms with van der Waals surface area (Å²) in [6, 6.07) is 13.7. The van der Waals surface area contributed by atoms with Crippen LogP contribution in [0.1, 0.15) is 28.8 Å². The second kappa shape index (κ2) is 20.0. The lowest BCUT2D eigenvalue weighted by Crippen LogP contribution is -2.43. The molecule has 1 saturated heterocycles. The predicted octanol–water partition coefficient (Wildman–Crippen LogP) is 6.07. The maximum Gasteiger partial charge on any atom is 0.490 e. The van der Waals surface area contributed by atoms with Gasteiger partial charge in [0, 0.05) is 56.9 Å². The Morgan fingerprint density at radius 2 is 1.35 bits per heavy atom. The molecule has 3 N–H and O–H groups in total. The van der Waals surface area contributed by atoms with Gasteiger partial charge < -0.3 is 25.0 Å². The quantitative estimate of drug-likeness (QED) is 0.248. The number of hydrogen-bond donors (Lipinski definition) is 3. The fourth-order valence-corrected chi connectivity index (χ4v) is 4.63. The Labute approximate surface area is 310 Å². The number of halogens is 10. The van der Waals surface area contributed by atoms with Crippen LogP contribution in [0.15, 0.2) is 59.7 Å². The largest absolute Gasteiger partial charge is 0.490 e. The van der Waals surface area contributed by atoms with E-state index in [9.17, 15) is 44.3 Å². The summed E-state index contributed by atoms with van der Waals surface area (Å²) in [5.41, 5.74) is 5.60. The van der Waals surface area contributed by atoms with E-state index in [-0.39, 0.29) is 12.2 Å². The second-order valence-electron chi connectivity index (χ2n) is 11.5. The van der Waals surface area contributed by atoms with Crippen LogP contribution in [0.5, 0.6) is 5.75 Å². The molecule has 55 heavy (non-hydrogen) atoms. The smallest absolute Gasteiger partial charge is 0.487 e. The van der Waals surface area contributed by atoms with Gasteiger partial charge in [0.2, 0.25) is 0 Å². The standard InChI is InChI=1S/C27H29ClN4O2.3C2HF3O2/c1-30-10-12-31(13-11-30)18-20-2-3-22-15-25(7-4-21(22)14-20)32-9-8-26(16-27(32)33)34-19-24-6-5-23(28)17-29-24;3*3-2(4,5)1(6)7/h2-3,5-6,8-9,14-17H,4,7,10-13,18-19H2,1H3;3*(H,6,7). The van der Waals surface area contributed by atoms with Crippen LogP contribution in [0.2, 0.25) is 5.02 Å². The zero-order valence-electron chi connectivity index (χ0n) is 28.4. The Hall–Kier alpha value is -5.15. The molecular formula is C33H32ClF9N4O8. The first-order chi connectivity index (χ1) is 25.4. The fraction of sp³-hybridized carbons (Fsp3) is 0.364. The van der Waals surface area contributed by atoms with E-state index in [1.165, 1.54) is 22.8 Å². The molecule has 2 aromatic heterocycles. The lowest BCUT2D eigenvalue weighted by atomic mass is 9.93. The van der Waals surface area contributed by atoms with E-state index in [1.54, 1.807) is 23.0 Å². The minimum atomic E-state index is -5.08. The van der Waals surface area contributed by atoms with Crippen LogP contribution in [0.3, 0.4) is 0 Å². The molecule has 3 heterocycles. The molecule has 1 fully saturated rings. The topological polar surface area (TPSA) is 162 Å². The molecular weight excluding hydrogens is 787 g/mol. The number of piperazine rings is 1. The number of carboxylic acid groups (broad SMARTS) is 3. The SMILES string of the molecule is CN1CCN(Cc2ccc3c(c2)CCC(n2ccc(OCc4ccc(Cl)cn4)cc2=O)=C3)CC1.O=C(O)C(F)(F)F.O=C(O)C(F)(F)F.O=C(O)C(F)(F)F. The molecule has 0 atom stereocenters. The number of aryl methyl sites for hydroxylation is 1. The van der Waals surface area contributed by atoms with Crippen LogP contribution < -0.4 is 10.3 Å². The zero-order chi connectivity index (χ0) is 41.7. The van der Waals surface area contributed by atoms with Crippen molar-refractivity contribution in [2.75, 3.05) is 33.2 Å². The number of alkyl halides is 9. The lowest BCUT2D eigenvalue weighted by Gasteiger charge is -2.32. The summed E-state index contributed by atoms with van der Waals surface area (Å²) in [4.78, 5) is 48.6. The summed E-state index contributed by atoms with van der Waals surface area (Å²) < 4.78 is 103. The molecule has 1 aliphatic carbocycles. The third kappa shape index (κ3) is 16.4. The third-order valence-corrected chi connectivity index (χ3v) is 7.51. The van der Waals surface area contributed by atoms with Crippen LogP contribution >= 0.6 is 11.6 Å². The van der Waals surface area contributed by atoms with Crippen LogP contribution in [-0.2, 0) is 34.0 Å². The van der Waals surface area contributed by atoms with Gasteiger partial charge in [-0.25, -0.2) is 14.4 Å². The molecule has 0 saturated carbocycles. The van der Waals surface area contributed by atoms with Crippen LogP contribution in [0.25, 0.3) is 11.8 Å². The lowest BCUT2D eigenvalue weighted by molar-refractivity contribution is -0.193. The number of nitrogens with zero attached hydrogens (tertiary/aromatic N) is 4. The summed E-state index contributed by atoms with van der Waals surface area (Å²) in [6.07, 6.45) is -7.96. The average Bonchev–Trinajstić information content (AvgIpc) is 3.08. The summed E-state index contributed by atoms with van der Waals surface area (Å²) in [7, 11) is 2.19. The van der Waals surface area contributed by atoms with Crippen molar-refractivity contribution < 1.29 is 74.0 Å². The Kier molecular flexibility index (Phi) is 16.7. The van der Waals surface area contributed by atoms with E-state index in [0.29, 0.717) is 10.8 Å². The van der Waals surface area contributed by atoms with E-state index in [2.05, 4.69) is 46.1 Å². The molecule has 1 aromatic carbocycles. The van der Waals surface area contributed by atoms with E-state index >= 15 is 0 Å². The van der Waals surface area contributed by atoms with E-state index < -0.39 is 36.4 Å². The van der Waals surface area contributed by atoms with E-state index in [4.69, 9.17) is 46.0 Å². The number of hydrogen-bond acceptors (Lipinski definition) is 8. The Morgan fingerprint density at radius 1 is 0.800 bits per heavy atom. The molecule has 302 valence electrons. The van der Waals surface area contributed by atoms with Crippen molar-refractivity contribution >= 4 is 41.3 Å². The summed E-state index contributed by atoms with van der Waals surface area (Å²) in [6.45, 7) is 5.80. The number of allylic oxidation sites excluding steroid dienone is 1. The molecule has 2 aliphatic rings. The van der Waals surface area contributed by atoms with Gasteiger partial charge in [-0.1, -0.05) is 29.8 Å². The highest BCUT2D eigenvalue weighted by Crippen LogP contribution is 2.28. The maximum absolute atomic E-state index is 12.8. The number of rotatable bonds is 6. The molecule has 5 rings (SSSR count). The van der Waals surface area contributed by atoms with Crippen LogP contribution in [0, 0.1) is 0 Å². The number of likely N-dealkylation sites (N-methyl/N-ethyl adjacent to an activating group) is 1. The first kappa shape index (κ1) is 46.0. The van der Waals surface area contributed by atoms with Crippen molar-refractivity contribution in [1.29, 1.82) is 0 Å². The normalized spacial score (nSPS) is 14.6. The Bertz CT molecular complexity index is 1800. The molecule has 3 aromatic rings. The fourth-order valence-electron chi connectivity index (χ4n) is 4.52. The number of aliphatic carboxylic acids is 3. The van der Waals surface area contributed by atoms with Gasteiger partial charge in [-0.3, -0.25) is 19.2 Å². The molecule has 0 spiro atoms. The third-order valence-electron chi connectivity index (χ3n) is 7.29. The molecule has 0 amide bonds. The number of carboxylic acids is 3. The van der Waals surface area contributed by atoms with Crippen molar-refractivity contribution in [3.8, 4) is 5.75 Å². The Balaban J connectivity index is 0.000000408. The number of benzene rings is 1. The number of carbonyl (C=O) groups is 3. The van der Waals surface area contributed by atoms with Gasteiger partial charge in [-0.15, -0.1) is 0 Å². The van der Waals surface area contributed by atoms with Crippen LogP contribution in [0.4, 0.5) is 39.5 Å². The number of ether oxygens (including phenoxy) is 1. The van der Waals surface area contributed by atoms with Gasteiger partial charge in [-0.05, 0) is 60.9 Å². The van der Waals surface area contributed by atoms with Crippen molar-refractivity contribution in [1.82, 2.24) is 19.4 Å². The average molecular weight is 819 g/mol. The van der Waals surface area contributed by atoms with Gasteiger partial charge in [-0.2, -0.15) is 39.5 Å². The summed E-state index contributed by atoms with van der Waals surface area (Å²) in [5.74, 6) is -7.74. The highest BCUT2D eigenvalue weighted by molar-refractivity contribution is 6.30. The van der Waals surface area contributed by atoms with Crippen molar-refractivity contribution in [2.45, 2.75) is 44.5 Å². The number of pyridine rings is 2. The Morgan fingerprint density at radius 3 is 1.82 bits per heavy atom. The molecule has 0 radical (unpaired) electrons. The summed E-state index contributed by atoms with van der Waals surface area (Å²) in [5, 5.41) is 22.0. The zero-order valence-corrected chi connectivity index (χ0v) is 29.1. The van der Waals surface area contributed by atoms with Crippen molar-refractivity contribution in [2.24, 2.45) is 0 Å². The minimum absolute atomic E-state index is 0.0945. The molecule has 12 nitrogen and oxygen atoms in total. The molecule has 0 bridgehead atoms. The summed E-state index contributed by atoms with van der Waals surface area (Å²) >= 11 is 5.87. The van der Waals surface area contributed by atoms with Crippen LogP contribution in [-0.4, -0.2) is 104 Å². The van der Waals surface area contributed by atoms with Gasteiger partial charge >= 0.3 is 36.4 Å². The first-order valence-electron chi connectivity index (χ1n) is 15.5. The molecule has 0 unspecified atom stereocenters. The van der Waals surface area contributed by atoms with Gasteiger partial charge in [0.05, 0.1) is 10.7 Å². The van der Waals surface area contributed by atoms with E-state index in [1.807, 2.05) is 12.1 Å². The highest BCUT2D eigenvalue weighted by Gasteiger charge is 2.39. The molecule has 22 heteroatoms. The van der Waals surface area contributed by atoms with Gasteiger partial charge in [0.1, 0.15) is 12.4 Å². The van der Waals surface area contributed by atoms with Crippen molar-refractivity contribution in [3.63, 3.8) is 0 Å². The van der Waals surface area contributed by atoms with Crippen molar-refractivity contribution in [3.05, 3.63) is 92.6 Å². The molecule has 1 aliphatic heterocycles. The monoisotopic (exact) mass is 818 g/mol. The van der Waals surface area contributed by atoms with E-state index in [0.717, 1.165) is 57.0 Å². The van der Waals surface area contributed by atoms with Gasteiger partial charge in [0.25, 0.3) is 5.56 Å². The predicted molar refractivity (Wildman–Crippen MR) is 177 cm³/mol. The maximum atomic E-state index is 12.8. The number of fused-ring (bicyclic) bond motifs is 1. The number of aromatic nitrogens is 2. The highest BCUT2D eigenvalue weighted by atomic mass is 35.5. The minimum Gasteiger partial charge on any atom is -0.487 e. The first-order valence-corrected chi connectivity index (χ1v) is 15.8. The van der Waals surface area contributed by atoms with Gasteiger partial charge in [0.15, 0.2) is 0 Å². The second-order valence-corrected chi connectivity index (χ2v) is 11.9.